The Kier molecular flexibility index (Phi) is 5.30. The van der Waals surface area contributed by atoms with Gasteiger partial charge in [-0.15, -0.1) is 0 Å². The van der Waals surface area contributed by atoms with Gasteiger partial charge >= 0.3 is 0 Å². The Morgan fingerprint density at radius 2 is 1.68 bits per heavy atom. The van der Waals surface area contributed by atoms with E-state index >= 15 is 0 Å². The van der Waals surface area contributed by atoms with Crippen molar-refractivity contribution in [2.45, 2.75) is 19.9 Å². The normalized spacial score (nSPS) is 18.5. The minimum absolute atomic E-state index is 0.0881. The first-order chi connectivity index (χ1) is 11.9. The van der Waals surface area contributed by atoms with Gasteiger partial charge in [0, 0.05) is 12.2 Å². The Bertz CT molecular complexity index is 806. The molecule has 0 spiro atoms. The molecule has 2 N–H and O–H groups in total. The third kappa shape index (κ3) is 4.53. The molecule has 3 rings (SSSR count). The monoisotopic (exact) mass is 376 g/mol. The maximum Gasteiger partial charge on any atom is 0.228 e. The molecule has 2 aromatic rings. The topological polar surface area (TPSA) is 58.2 Å². The Morgan fingerprint density at radius 1 is 1.00 bits per heavy atom. The Hall–Kier alpha value is -2.04. The molecular formula is C19H18Cl2N2O2. The molecule has 2 unspecified atom stereocenters. The van der Waals surface area contributed by atoms with Gasteiger partial charge in [-0.1, -0.05) is 53.0 Å². The SMILES string of the molecule is Cc1ccc(CNC(=O)C2CC2C(=O)Nc2ccc(Cl)c(Cl)c2)cc1. The quantitative estimate of drug-likeness (QED) is 0.821. The minimum atomic E-state index is -0.299. The van der Waals surface area contributed by atoms with Crippen molar-refractivity contribution in [1.29, 1.82) is 0 Å². The molecule has 4 nitrogen and oxygen atoms in total. The van der Waals surface area contributed by atoms with Crippen LogP contribution in [0.25, 0.3) is 0 Å². The summed E-state index contributed by atoms with van der Waals surface area (Å²) in [5, 5.41) is 6.47. The minimum Gasteiger partial charge on any atom is -0.352 e. The van der Waals surface area contributed by atoms with Gasteiger partial charge in [-0.2, -0.15) is 0 Å². The zero-order valence-electron chi connectivity index (χ0n) is 13.7. The highest BCUT2D eigenvalue weighted by molar-refractivity contribution is 6.42. The molecule has 130 valence electrons. The molecule has 0 aromatic heterocycles. The van der Waals surface area contributed by atoms with Gasteiger partial charge in [0.2, 0.25) is 11.8 Å². The van der Waals surface area contributed by atoms with E-state index in [1.807, 2.05) is 31.2 Å². The van der Waals surface area contributed by atoms with Crippen molar-refractivity contribution in [2.24, 2.45) is 11.8 Å². The van der Waals surface area contributed by atoms with E-state index < -0.39 is 0 Å². The Balaban J connectivity index is 1.49. The van der Waals surface area contributed by atoms with Crippen LogP contribution < -0.4 is 10.6 Å². The maximum atomic E-state index is 12.2. The number of halogens is 2. The van der Waals surface area contributed by atoms with Crippen LogP contribution in [-0.2, 0) is 16.1 Å². The second-order valence-electron chi connectivity index (χ2n) is 6.27. The number of aryl methyl sites for hydroxylation is 1. The average Bonchev–Trinajstić information content (AvgIpc) is 3.38. The van der Waals surface area contributed by atoms with Crippen LogP contribution in [0.3, 0.4) is 0 Å². The Labute approximate surface area is 156 Å². The summed E-state index contributed by atoms with van der Waals surface area (Å²) in [6, 6.07) is 12.9. The second kappa shape index (κ2) is 7.46. The Morgan fingerprint density at radius 3 is 2.36 bits per heavy atom. The molecule has 1 fully saturated rings. The number of rotatable bonds is 5. The van der Waals surface area contributed by atoms with Crippen molar-refractivity contribution >= 4 is 40.7 Å². The van der Waals surface area contributed by atoms with Crippen molar-refractivity contribution in [1.82, 2.24) is 5.32 Å². The number of hydrogen-bond donors (Lipinski definition) is 2. The van der Waals surface area contributed by atoms with E-state index in [1.165, 1.54) is 5.56 Å². The predicted molar refractivity (Wildman–Crippen MR) is 99.7 cm³/mol. The lowest BCUT2D eigenvalue weighted by molar-refractivity contribution is -0.125. The van der Waals surface area contributed by atoms with Crippen LogP contribution in [0.4, 0.5) is 5.69 Å². The van der Waals surface area contributed by atoms with Crippen LogP contribution in [0.1, 0.15) is 17.5 Å². The smallest absolute Gasteiger partial charge is 0.228 e. The largest absolute Gasteiger partial charge is 0.352 e. The lowest BCUT2D eigenvalue weighted by atomic mass is 10.1. The first-order valence-corrected chi connectivity index (χ1v) is 8.79. The molecule has 2 amide bonds. The molecule has 2 atom stereocenters. The highest BCUT2D eigenvalue weighted by atomic mass is 35.5. The van der Waals surface area contributed by atoms with E-state index in [0.29, 0.717) is 28.7 Å². The number of anilines is 1. The molecule has 0 radical (unpaired) electrons. The van der Waals surface area contributed by atoms with Crippen LogP contribution >= 0.6 is 23.2 Å². The zero-order chi connectivity index (χ0) is 18.0. The van der Waals surface area contributed by atoms with Crippen molar-refractivity contribution in [3.05, 3.63) is 63.6 Å². The molecule has 1 aliphatic rings. The zero-order valence-corrected chi connectivity index (χ0v) is 15.2. The summed E-state index contributed by atoms with van der Waals surface area (Å²) < 4.78 is 0. The molecule has 0 aliphatic heterocycles. The van der Waals surface area contributed by atoms with E-state index in [0.717, 1.165) is 5.56 Å². The summed E-state index contributed by atoms with van der Waals surface area (Å²) in [5.74, 6) is -0.829. The van der Waals surface area contributed by atoms with Crippen LogP contribution in [-0.4, -0.2) is 11.8 Å². The van der Waals surface area contributed by atoms with E-state index in [9.17, 15) is 9.59 Å². The summed E-state index contributed by atoms with van der Waals surface area (Å²) >= 11 is 11.8. The van der Waals surface area contributed by atoms with Crippen molar-refractivity contribution in [3.63, 3.8) is 0 Å². The van der Waals surface area contributed by atoms with Gasteiger partial charge < -0.3 is 10.6 Å². The highest BCUT2D eigenvalue weighted by Crippen LogP contribution is 2.39. The van der Waals surface area contributed by atoms with Gasteiger partial charge in [0.25, 0.3) is 0 Å². The first-order valence-electron chi connectivity index (χ1n) is 8.03. The van der Waals surface area contributed by atoms with Gasteiger partial charge in [0.1, 0.15) is 0 Å². The van der Waals surface area contributed by atoms with Gasteiger partial charge in [-0.05, 0) is 37.1 Å². The fourth-order valence-corrected chi connectivity index (χ4v) is 2.91. The average molecular weight is 377 g/mol. The van der Waals surface area contributed by atoms with Crippen LogP contribution in [0.5, 0.6) is 0 Å². The van der Waals surface area contributed by atoms with Crippen molar-refractivity contribution in [2.75, 3.05) is 5.32 Å². The number of hydrogen-bond acceptors (Lipinski definition) is 2. The van der Waals surface area contributed by atoms with E-state index in [1.54, 1.807) is 18.2 Å². The number of benzene rings is 2. The van der Waals surface area contributed by atoms with E-state index in [-0.39, 0.29) is 23.7 Å². The number of nitrogens with one attached hydrogen (secondary N) is 2. The van der Waals surface area contributed by atoms with E-state index in [4.69, 9.17) is 23.2 Å². The predicted octanol–water partition coefficient (Wildman–Crippen LogP) is 4.19. The first kappa shape index (κ1) is 17.8. The molecule has 6 heteroatoms. The van der Waals surface area contributed by atoms with Crippen LogP contribution in [0, 0.1) is 18.8 Å². The fourth-order valence-electron chi connectivity index (χ4n) is 2.61. The summed E-state index contributed by atoms with van der Waals surface area (Å²) in [6.07, 6.45) is 0.562. The second-order valence-corrected chi connectivity index (χ2v) is 7.08. The lowest BCUT2D eigenvalue weighted by Gasteiger charge is -2.07. The van der Waals surface area contributed by atoms with Crippen molar-refractivity contribution < 1.29 is 9.59 Å². The molecule has 0 saturated heterocycles. The maximum absolute atomic E-state index is 12.2. The third-order valence-corrected chi connectivity index (χ3v) is 4.98. The number of carbonyl (C=O) groups is 2. The van der Waals surface area contributed by atoms with Gasteiger partial charge in [-0.25, -0.2) is 0 Å². The standard InChI is InChI=1S/C19H18Cl2N2O2/c1-11-2-4-12(5-3-11)10-22-18(24)14-9-15(14)19(25)23-13-6-7-16(20)17(21)8-13/h2-8,14-15H,9-10H2,1H3,(H,22,24)(H,23,25). The summed E-state index contributed by atoms with van der Waals surface area (Å²) in [5.41, 5.74) is 2.79. The molecular weight excluding hydrogens is 359 g/mol. The van der Waals surface area contributed by atoms with Gasteiger partial charge in [0.15, 0.2) is 0 Å². The van der Waals surface area contributed by atoms with Crippen LogP contribution in [0.15, 0.2) is 42.5 Å². The van der Waals surface area contributed by atoms with Crippen LogP contribution in [0.2, 0.25) is 10.0 Å². The van der Waals surface area contributed by atoms with Crippen molar-refractivity contribution in [3.8, 4) is 0 Å². The summed E-state index contributed by atoms with van der Waals surface area (Å²) in [6.45, 7) is 2.49. The molecule has 0 heterocycles. The summed E-state index contributed by atoms with van der Waals surface area (Å²) in [7, 11) is 0. The molecule has 25 heavy (non-hydrogen) atoms. The summed E-state index contributed by atoms with van der Waals surface area (Å²) in [4.78, 5) is 24.4. The number of amides is 2. The molecule has 2 aromatic carbocycles. The third-order valence-electron chi connectivity index (χ3n) is 4.24. The lowest BCUT2D eigenvalue weighted by Crippen LogP contribution is -2.27. The number of carbonyl (C=O) groups excluding carboxylic acids is 2. The van der Waals surface area contributed by atoms with Gasteiger partial charge in [-0.3, -0.25) is 9.59 Å². The highest BCUT2D eigenvalue weighted by Gasteiger charge is 2.47. The van der Waals surface area contributed by atoms with Gasteiger partial charge in [0.05, 0.1) is 21.9 Å². The molecule has 1 aliphatic carbocycles. The molecule has 0 bridgehead atoms. The van der Waals surface area contributed by atoms with E-state index in [2.05, 4.69) is 10.6 Å². The molecule has 1 saturated carbocycles. The fraction of sp³-hybridized carbons (Fsp3) is 0.263.